The molecule has 1 aromatic heterocycles. The van der Waals surface area contributed by atoms with Gasteiger partial charge < -0.3 is 45.5 Å². The molecule has 1 fully saturated rings. The Balaban J connectivity index is 0.000000315. The Kier molecular flexibility index (Phi) is 10.6. The summed E-state index contributed by atoms with van der Waals surface area (Å²) in [4.78, 5) is 63.4. The van der Waals surface area contributed by atoms with Crippen molar-refractivity contribution < 1.29 is 58.6 Å². The number of carbonyl (C=O) groups is 5. The molecule has 0 aliphatic carbocycles. The van der Waals surface area contributed by atoms with Crippen LogP contribution in [0.1, 0.15) is 52.1 Å². The predicted octanol–water partition coefficient (Wildman–Crippen LogP) is 0.745. The average Bonchev–Trinajstić information content (AvgIpc) is 3.40. The second-order valence-corrected chi connectivity index (χ2v) is 11.2. The third kappa shape index (κ3) is 7.77. The van der Waals surface area contributed by atoms with Gasteiger partial charge in [-0.05, 0) is 49.6 Å². The number of benzene rings is 1. The van der Waals surface area contributed by atoms with Crippen LogP contribution in [0.4, 0.5) is 10.1 Å². The van der Waals surface area contributed by atoms with E-state index in [4.69, 9.17) is 25.2 Å². The Bertz CT molecular complexity index is 1550. The third-order valence-corrected chi connectivity index (χ3v) is 7.91. The number of aromatic amines is 1. The number of halogens is 1. The highest BCUT2D eigenvalue weighted by atomic mass is 19.1. The molecule has 16 heteroatoms. The number of fused-ring (bicyclic) bond motifs is 2. The molecular formula is C30H35FN4O11. The number of aryl methyl sites for hydroxylation is 1. The molecule has 0 saturated carbocycles. The Morgan fingerprint density at radius 3 is 2.35 bits per heavy atom. The van der Waals surface area contributed by atoms with E-state index in [0.717, 1.165) is 17.7 Å². The van der Waals surface area contributed by atoms with Gasteiger partial charge in [0, 0.05) is 42.3 Å². The molecule has 3 aliphatic heterocycles. The van der Waals surface area contributed by atoms with Gasteiger partial charge in [-0.25, -0.2) is 9.18 Å². The quantitative estimate of drug-likeness (QED) is 0.187. The normalized spacial score (nSPS) is 18.2. The molecule has 1 aromatic carbocycles. The van der Waals surface area contributed by atoms with Crippen LogP contribution >= 0.6 is 0 Å². The van der Waals surface area contributed by atoms with Crippen molar-refractivity contribution in [3.8, 4) is 0 Å². The summed E-state index contributed by atoms with van der Waals surface area (Å²) < 4.78 is 19.1. The lowest BCUT2D eigenvalue weighted by Gasteiger charge is -2.34. The Morgan fingerprint density at radius 2 is 1.74 bits per heavy atom. The van der Waals surface area contributed by atoms with Crippen molar-refractivity contribution in [2.75, 3.05) is 44.7 Å². The molecule has 1 atom stereocenters. The Morgan fingerprint density at radius 1 is 1.09 bits per heavy atom. The number of aliphatic carboxylic acids is 3. The lowest BCUT2D eigenvalue weighted by Crippen LogP contribution is -2.50. The van der Waals surface area contributed by atoms with Crippen LogP contribution in [0.2, 0.25) is 0 Å². The van der Waals surface area contributed by atoms with Crippen LogP contribution in [0, 0.1) is 12.7 Å². The number of hydrogen-bond acceptors (Lipinski definition) is 9. The molecule has 1 saturated heterocycles. The van der Waals surface area contributed by atoms with Crippen molar-refractivity contribution in [3.63, 3.8) is 0 Å². The average molecular weight is 647 g/mol. The number of carboxylic acid groups (broad SMARTS) is 3. The third-order valence-electron chi connectivity index (χ3n) is 7.91. The van der Waals surface area contributed by atoms with Crippen molar-refractivity contribution in [1.82, 2.24) is 14.8 Å². The lowest BCUT2D eigenvalue weighted by molar-refractivity contribution is -0.170. The zero-order chi connectivity index (χ0) is 33.8. The first kappa shape index (κ1) is 34.2. The Labute approximate surface area is 261 Å². The van der Waals surface area contributed by atoms with Gasteiger partial charge in [-0.1, -0.05) is 0 Å². The molecule has 3 aliphatic rings. The number of nitrogens with zero attached hydrogens (tertiary/aromatic N) is 2. The van der Waals surface area contributed by atoms with E-state index in [1.807, 2.05) is 11.8 Å². The fourth-order valence-electron chi connectivity index (χ4n) is 5.53. The van der Waals surface area contributed by atoms with Crippen LogP contribution < -0.4 is 5.32 Å². The molecule has 7 N–H and O–H groups in total. The summed E-state index contributed by atoms with van der Waals surface area (Å²) in [6.45, 7) is 5.07. The van der Waals surface area contributed by atoms with Gasteiger partial charge >= 0.3 is 17.9 Å². The van der Waals surface area contributed by atoms with E-state index in [0.29, 0.717) is 67.4 Å². The maximum absolute atomic E-state index is 13.8. The minimum absolute atomic E-state index is 0.129. The van der Waals surface area contributed by atoms with Gasteiger partial charge in [0.2, 0.25) is 0 Å². The van der Waals surface area contributed by atoms with E-state index in [9.17, 15) is 33.5 Å². The molecule has 0 radical (unpaired) electrons. The fourth-order valence-corrected chi connectivity index (χ4v) is 5.53. The maximum atomic E-state index is 13.8. The molecule has 0 bridgehead atoms. The molecule has 0 unspecified atom stereocenters. The second kappa shape index (κ2) is 14.2. The smallest absolute Gasteiger partial charge is 0.336 e. The number of anilines is 1. The number of H-pyrrole nitrogens is 1. The Hall–Kier alpha value is -4.64. The van der Waals surface area contributed by atoms with E-state index in [2.05, 4.69) is 10.3 Å². The molecular weight excluding hydrogens is 611 g/mol. The van der Waals surface area contributed by atoms with E-state index in [1.54, 1.807) is 17.0 Å². The zero-order valence-corrected chi connectivity index (χ0v) is 24.9. The topological polar surface area (TPSA) is 230 Å². The molecule has 2 aromatic rings. The van der Waals surface area contributed by atoms with Crippen LogP contribution in [0.15, 0.2) is 18.2 Å². The molecule has 15 nitrogen and oxygen atoms in total. The summed E-state index contributed by atoms with van der Waals surface area (Å²) in [7, 11) is 0. The highest BCUT2D eigenvalue weighted by molar-refractivity contribution is 6.35. The summed E-state index contributed by atoms with van der Waals surface area (Å²) in [5.74, 6) is -5.87. The first-order chi connectivity index (χ1) is 21.7. The molecule has 0 spiro atoms. The highest BCUT2D eigenvalue weighted by Crippen LogP contribution is 2.35. The number of β-amino-alcohol motifs (C(OH)–C–C–N with tert-alkyl or cyclic N) is 1. The standard InChI is InChI=1S/C24H27FN4O4.C6H8O7/c1-14-20(12-17-16-11-15(25)4-5-18(16)27-23(17)31)26-19-3-2-6-29(24(32)22(14)19)13-21(30)28-7-9-33-10-8-28;7-3(8)1-6(13,5(11)12)2-4(9)10/h4-5,11-12,21,26,30H,2-3,6-10,13H2,1H3,(H,27,31);13H,1-2H2,(H,7,8)(H,9,10)(H,11,12)/b17-12-;/t21-;/m0./s1. The van der Waals surface area contributed by atoms with Gasteiger partial charge in [-0.15, -0.1) is 0 Å². The van der Waals surface area contributed by atoms with Gasteiger partial charge in [0.25, 0.3) is 11.8 Å². The van der Waals surface area contributed by atoms with Gasteiger partial charge in [0.1, 0.15) is 12.0 Å². The molecule has 5 rings (SSSR count). The number of hydrogen-bond donors (Lipinski definition) is 7. The monoisotopic (exact) mass is 646 g/mol. The van der Waals surface area contributed by atoms with E-state index >= 15 is 0 Å². The molecule has 46 heavy (non-hydrogen) atoms. The van der Waals surface area contributed by atoms with Crippen molar-refractivity contribution in [2.45, 2.75) is 44.4 Å². The van der Waals surface area contributed by atoms with Gasteiger partial charge in [0.15, 0.2) is 5.60 Å². The lowest BCUT2D eigenvalue weighted by atomic mass is 9.96. The number of amides is 2. The van der Waals surface area contributed by atoms with E-state index in [-0.39, 0.29) is 18.4 Å². The maximum Gasteiger partial charge on any atom is 0.336 e. The van der Waals surface area contributed by atoms with Crippen molar-refractivity contribution in [2.24, 2.45) is 0 Å². The van der Waals surface area contributed by atoms with Gasteiger partial charge in [-0.3, -0.25) is 24.1 Å². The minimum atomic E-state index is -2.74. The molecule has 2 amide bonds. The van der Waals surface area contributed by atoms with E-state index < -0.39 is 48.4 Å². The number of carboxylic acids is 3. The van der Waals surface area contributed by atoms with E-state index in [1.165, 1.54) is 12.1 Å². The number of aromatic nitrogens is 1. The number of aliphatic hydroxyl groups is 2. The fraction of sp³-hybridized carbons (Fsp3) is 0.433. The van der Waals surface area contributed by atoms with Crippen LogP contribution in [0.5, 0.6) is 0 Å². The number of nitrogens with one attached hydrogen (secondary N) is 2. The predicted molar refractivity (Wildman–Crippen MR) is 158 cm³/mol. The summed E-state index contributed by atoms with van der Waals surface area (Å²) in [6.07, 6.45) is 0.105. The van der Waals surface area contributed by atoms with Crippen LogP contribution in [0.25, 0.3) is 11.6 Å². The van der Waals surface area contributed by atoms with Gasteiger partial charge in [-0.2, -0.15) is 0 Å². The SMILES string of the molecule is Cc1c(/C=C2\C(=O)Nc3ccc(F)cc32)[nH]c2c1C(=O)N(C[C@H](O)N1CCOCC1)CCC2.O=C(O)CC(O)(CC(=O)O)C(=O)O. The number of morpholine rings is 1. The first-order valence-corrected chi connectivity index (χ1v) is 14.4. The summed E-state index contributed by atoms with van der Waals surface area (Å²) in [6, 6.07) is 4.19. The van der Waals surface area contributed by atoms with Crippen molar-refractivity contribution in [1.29, 1.82) is 0 Å². The summed E-state index contributed by atoms with van der Waals surface area (Å²) in [5.41, 5.74) is 1.51. The largest absolute Gasteiger partial charge is 0.481 e. The summed E-state index contributed by atoms with van der Waals surface area (Å²) >= 11 is 0. The minimum Gasteiger partial charge on any atom is -0.481 e. The van der Waals surface area contributed by atoms with Crippen molar-refractivity contribution >= 4 is 47.1 Å². The number of aliphatic hydroxyl groups excluding tert-OH is 1. The molecule has 248 valence electrons. The number of carbonyl (C=O) groups excluding carboxylic acids is 2. The van der Waals surface area contributed by atoms with Crippen LogP contribution in [-0.4, -0.2) is 121 Å². The van der Waals surface area contributed by atoms with Crippen LogP contribution in [-0.2, 0) is 30.3 Å². The van der Waals surface area contributed by atoms with Gasteiger partial charge in [0.05, 0.1) is 43.7 Å². The molecule has 4 heterocycles. The second-order valence-electron chi connectivity index (χ2n) is 11.2. The summed E-state index contributed by atoms with van der Waals surface area (Å²) in [5, 5.41) is 47.2. The highest BCUT2D eigenvalue weighted by Gasteiger charge is 2.41. The number of ether oxygens (including phenoxy) is 1. The number of rotatable bonds is 9. The van der Waals surface area contributed by atoms with Crippen LogP contribution in [0.3, 0.4) is 0 Å². The first-order valence-electron chi connectivity index (χ1n) is 14.4. The zero-order valence-electron chi connectivity index (χ0n) is 24.9. The van der Waals surface area contributed by atoms with Crippen molar-refractivity contribution in [3.05, 3.63) is 52.1 Å².